The molecular formula is C57H105NO5. The predicted molar refractivity (Wildman–Crippen MR) is 273 cm³/mol. The second-order valence-corrected chi connectivity index (χ2v) is 18.6. The lowest BCUT2D eigenvalue weighted by Crippen LogP contribution is -2.46. The van der Waals surface area contributed by atoms with Crippen molar-refractivity contribution in [3.8, 4) is 0 Å². The van der Waals surface area contributed by atoms with Crippen molar-refractivity contribution < 1.29 is 24.5 Å². The number of carbonyl (C=O) groups excluding carboxylic acids is 2. The van der Waals surface area contributed by atoms with Crippen molar-refractivity contribution in [2.75, 3.05) is 6.61 Å². The third-order valence-corrected chi connectivity index (χ3v) is 12.4. The molecule has 6 nitrogen and oxygen atoms in total. The van der Waals surface area contributed by atoms with Gasteiger partial charge in [0.15, 0.2) is 0 Å². The van der Waals surface area contributed by atoms with Crippen LogP contribution in [0.1, 0.15) is 278 Å². The van der Waals surface area contributed by atoms with E-state index in [0.717, 1.165) is 77.0 Å². The minimum Gasteiger partial charge on any atom is -0.462 e. The van der Waals surface area contributed by atoms with Crippen LogP contribution in [0.3, 0.4) is 0 Å². The van der Waals surface area contributed by atoms with Crippen LogP contribution in [0.2, 0.25) is 0 Å². The highest BCUT2D eigenvalue weighted by Gasteiger charge is 2.24. The molecule has 0 fully saturated rings. The Hall–Kier alpha value is -2.18. The van der Waals surface area contributed by atoms with Gasteiger partial charge in [0.2, 0.25) is 5.91 Å². The lowest BCUT2D eigenvalue weighted by atomic mass is 10.0. The van der Waals surface area contributed by atoms with Gasteiger partial charge in [-0.1, -0.05) is 230 Å². The zero-order valence-electron chi connectivity index (χ0n) is 42.0. The van der Waals surface area contributed by atoms with Gasteiger partial charge in [0, 0.05) is 6.42 Å². The molecule has 0 saturated heterocycles. The number of esters is 1. The summed E-state index contributed by atoms with van der Waals surface area (Å²) in [4.78, 5) is 26.2. The quantitative estimate of drug-likeness (QED) is 0.0321. The first-order valence-electron chi connectivity index (χ1n) is 27.4. The summed E-state index contributed by atoms with van der Waals surface area (Å²) < 4.78 is 5.92. The van der Waals surface area contributed by atoms with Gasteiger partial charge in [-0.3, -0.25) is 9.59 Å². The number of ether oxygens (including phenoxy) is 1. The van der Waals surface area contributed by atoms with Crippen LogP contribution < -0.4 is 5.32 Å². The summed E-state index contributed by atoms with van der Waals surface area (Å²) in [5.41, 5.74) is 0. The van der Waals surface area contributed by atoms with Gasteiger partial charge in [0.25, 0.3) is 0 Å². The van der Waals surface area contributed by atoms with E-state index >= 15 is 0 Å². The number of rotatable bonds is 49. The molecule has 0 aliphatic heterocycles. The van der Waals surface area contributed by atoms with Crippen LogP contribution >= 0.6 is 0 Å². The molecule has 0 aromatic carbocycles. The molecule has 0 heterocycles. The largest absolute Gasteiger partial charge is 0.462 e. The molecule has 0 aliphatic carbocycles. The van der Waals surface area contributed by atoms with E-state index in [1.165, 1.54) is 154 Å². The second kappa shape index (κ2) is 50.8. The van der Waals surface area contributed by atoms with Crippen LogP contribution in [0.25, 0.3) is 0 Å². The lowest BCUT2D eigenvalue weighted by Gasteiger charge is -2.24. The average Bonchev–Trinajstić information content (AvgIpc) is 3.28. The topological polar surface area (TPSA) is 95.9 Å². The fraction of sp³-hybridized carbons (Fsp3) is 0.825. The van der Waals surface area contributed by atoms with Crippen molar-refractivity contribution in [2.45, 2.75) is 296 Å². The second-order valence-electron chi connectivity index (χ2n) is 18.6. The molecule has 0 aromatic rings. The fourth-order valence-corrected chi connectivity index (χ4v) is 8.20. The number of hydrogen-bond acceptors (Lipinski definition) is 5. The van der Waals surface area contributed by atoms with Crippen LogP contribution in [0.4, 0.5) is 0 Å². The predicted octanol–water partition coefficient (Wildman–Crippen LogP) is 16.6. The summed E-state index contributed by atoms with van der Waals surface area (Å²) >= 11 is 0. The number of amides is 1. The van der Waals surface area contributed by atoms with Crippen molar-refractivity contribution in [2.24, 2.45) is 0 Å². The van der Waals surface area contributed by atoms with Crippen LogP contribution in [0, 0.1) is 0 Å². The van der Waals surface area contributed by atoms with Crippen LogP contribution in [-0.4, -0.2) is 46.9 Å². The maximum Gasteiger partial charge on any atom is 0.306 e. The Morgan fingerprint density at radius 2 is 0.825 bits per heavy atom. The molecule has 63 heavy (non-hydrogen) atoms. The molecule has 3 N–H and O–H groups in total. The molecule has 3 unspecified atom stereocenters. The van der Waals surface area contributed by atoms with E-state index in [2.05, 4.69) is 74.7 Å². The standard InChI is InChI=1S/C57H105NO5/c1-4-7-10-13-16-19-22-25-26-27-28-29-30-32-35-38-41-44-47-50-57(62)63-53(48-45-42-39-36-33-24-21-18-15-12-9-6-3)51-56(61)58-54(52-59)55(60)49-46-43-40-37-34-31-23-20-17-14-11-8-5-2/h16,19,25-26,28-29,36,39,53-55,59-60H,4-15,17-18,20-24,27,30-35,37-38,40-52H2,1-3H3,(H,58,61)/b19-16-,26-25-,29-28-,39-36-. The van der Waals surface area contributed by atoms with E-state index < -0.39 is 18.2 Å². The van der Waals surface area contributed by atoms with Crippen molar-refractivity contribution >= 4 is 11.9 Å². The Balaban J connectivity index is 4.56. The highest BCUT2D eigenvalue weighted by molar-refractivity contribution is 5.77. The van der Waals surface area contributed by atoms with Gasteiger partial charge in [0.05, 0.1) is 25.2 Å². The molecule has 0 rings (SSSR count). The maximum atomic E-state index is 13.2. The molecule has 1 amide bonds. The molecule has 6 heteroatoms. The van der Waals surface area contributed by atoms with Crippen LogP contribution in [0.15, 0.2) is 48.6 Å². The van der Waals surface area contributed by atoms with Gasteiger partial charge in [-0.15, -0.1) is 0 Å². The van der Waals surface area contributed by atoms with E-state index in [1.807, 2.05) is 0 Å². The Bertz CT molecular complexity index is 1080. The third kappa shape index (κ3) is 46.2. The molecule has 0 bridgehead atoms. The smallest absolute Gasteiger partial charge is 0.306 e. The minimum absolute atomic E-state index is 0.0523. The van der Waals surface area contributed by atoms with Gasteiger partial charge in [-0.25, -0.2) is 0 Å². The van der Waals surface area contributed by atoms with E-state index in [4.69, 9.17) is 4.74 Å². The minimum atomic E-state index is -0.796. The highest BCUT2D eigenvalue weighted by atomic mass is 16.5. The molecule has 0 spiro atoms. The van der Waals surface area contributed by atoms with Gasteiger partial charge < -0.3 is 20.3 Å². The van der Waals surface area contributed by atoms with Gasteiger partial charge >= 0.3 is 5.97 Å². The van der Waals surface area contributed by atoms with Crippen molar-refractivity contribution in [3.05, 3.63) is 48.6 Å². The van der Waals surface area contributed by atoms with E-state index in [1.54, 1.807) is 0 Å². The molecular weight excluding hydrogens is 779 g/mol. The zero-order valence-corrected chi connectivity index (χ0v) is 42.0. The lowest BCUT2D eigenvalue weighted by molar-refractivity contribution is -0.151. The van der Waals surface area contributed by atoms with E-state index in [-0.39, 0.29) is 24.9 Å². The normalized spacial score (nSPS) is 13.5. The number of aliphatic hydroxyl groups is 2. The average molecular weight is 884 g/mol. The van der Waals surface area contributed by atoms with Crippen LogP contribution in [-0.2, 0) is 14.3 Å². The third-order valence-electron chi connectivity index (χ3n) is 12.4. The Kier molecular flexibility index (Phi) is 49.1. The number of unbranched alkanes of at least 4 members (excludes halogenated alkanes) is 29. The van der Waals surface area contributed by atoms with Crippen molar-refractivity contribution in [1.29, 1.82) is 0 Å². The van der Waals surface area contributed by atoms with E-state index in [9.17, 15) is 19.8 Å². The first-order valence-corrected chi connectivity index (χ1v) is 27.4. The maximum absolute atomic E-state index is 13.2. The fourth-order valence-electron chi connectivity index (χ4n) is 8.20. The number of aliphatic hydroxyl groups excluding tert-OH is 2. The molecule has 0 aliphatic rings. The molecule has 3 atom stereocenters. The SMILES string of the molecule is CCCCC/C=C\C/C=C\C/C=C\CCCCCCCCC(=O)OC(CCC/C=C\CCCCCCCCC)CC(=O)NC(CO)C(O)CCCCCCCCCCCCCCC. The van der Waals surface area contributed by atoms with E-state index in [0.29, 0.717) is 19.3 Å². The summed E-state index contributed by atoms with van der Waals surface area (Å²) in [6, 6.07) is -0.712. The Morgan fingerprint density at radius 1 is 0.460 bits per heavy atom. The number of hydrogen-bond donors (Lipinski definition) is 3. The monoisotopic (exact) mass is 884 g/mol. The molecule has 0 aromatic heterocycles. The number of carbonyl (C=O) groups is 2. The van der Waals surface area contributed by atoms with Gasteiger partial charge in [-0.2, -0.15) is 0 Å². The summed E-state index contributed by atoms with van der Waals surface area (Å²) in [5, 5.41) is 23.8. The first-order chi connectivity index (χ1) is 31.0. The number of allylic oxidation sites excluding steroid dienone is 8. The summed E-state index contributed by atoms with van der Waals surface area (Å²) in [6.45, 7) is 6.45. The number of nitrogens with one attached hydrogen (secondary N) is 1. The summed E-state index contributed by atoms with van der Waals surface area (Å²) in [6.07, 6.45) is 61.7. The van der Waals surface area contributed by atoms with Crippen LogP contribution in [0.5, 0.6) is 0 Å². The molecule has 0 saturated carbocycles. The first kappa shape index (κ1) is 60.8. The molecule has 0 radical (unpaired) electrons. The Labute approximate surface area is 391 Å². The van der Waals surface area contributed by atoms with Crippen molar-refractivity contribution in [3.63, 3.8) is 0 Å². The summed E-state index contributed by atoms with van der Waals surface area (Å²) in [5.74, 6) is -0.511. The van der Waals surface area contributed by atoms with Gasteiger partial charge in [0.1, 0.15) is 6.10 Å². The molecule has 368 valence electrons. The summed E-state index contributed by atoms with van der Waals surface area (Å²) in [7, 11) is 0. The Morgan fingerprint density at radius 3 is 1.30 bits per heavy atom. The highest BCUT2D eigenvalue weighted by Crippen LogP contribution is 2.17. The zero-order chi connectivity index (χ0) is 45.9. The van der Waals surface area contributed by atoms with Gasteiger partial charge in [-0.05, 0) is 83.5 Å². The van der Waals surface area contributed by atoms with Crippen molar-refractivity contribution in [1.82, 2.24) is 5.32 Å².